The summed E-state index contributed by atoms with van der Waals surface area (Å²) in [6, 6.07) is 4.79. The van der Waals surface area contributed by atoms with Gasteiger partial charge in [0.05, 0.1) is 5.92 Å². The molecule has 2 rings (SSSR count). The van der Waals surface area contributed by atoms with Crippen molar-refractivity contribution in [2.24, 2.45) is 11.8 Å². The van der Waals surface area contributed by atoms with Gasteiger partial charge in [-0.05, 0) is 68.0 Å². The zero-order valence-corrected chi connectivity index (χ0v) is 16.1. The number of amides is 1. The van der Waals surface area contributed by atoms with Crippen molar-refractivity contribution in [3.05, 3.63) is 35.1 Å². The first kappa shape index (κ1) is 21.0. The minimum absolute atomic E-state index is 0.208. The van der Waals surface area contributed by atoms with Crippen LogP contribution in [-0.2, 0) is 15.9 Å². The molecule has 6 nitrogen and oxygen atoms in total. The molecular weight excluding hydrogens is 359 g/mol. The number of aryl methyl sites for hydroxylation is 1. The quantitative estimate of drug-likeness (QED) is 0.397. The Labute approximate surface area is 156 Å². The third kappa shape index (κ3) is 4.68. The van der Waals surface area contributed by atoms with E-state index in [2.05, 4.69) is 0 Å². The molecule has 1 aliphatic heterocycles. The molecule has 1 aromatic carbocycles. The van der Waals surface area contributed by atoms with Crippen LogP contribution < -0.4 is 5.48 Å². The van der Waals surface area contributed by atoms with Gasteiger partial charge in [-0.25, -0.2) is 14.1 Å². The number of nitrogens with one attached hydrogen (secondary N) is 1. The van der Waals surface area contributed by atoms with Gasteiger partial charge in [0.1, 0.15) is 11.2 Å². The molecule has 1 aromatic rings. The lowest BCUT2D eigenvalue weighted by atomic mass is 9.86. The Bertz CT molecular complexity index is 663. The van der Waals surface area contributed by atoms with Gasteiger partial charge in [-0.3, -0.25) is 14.9 Å². The Morgan fingerprint density at radius 3 is 2.42 bits per heavy atom. The number of nitrogens with zero attached hydrogens (tertiary/aromatic N) is 1. The SMILES string of the molecule is Cc1cc(F)ccc1C1CCN(C(C(C(=O)NO)C(C)C)S(=O)O)CC1. The van der Waals surface area contributed by atoms with Crippen LogP contribution in [0.1, 0.15) is 43.7 Å². The van der Waals surface area contributed by atoms with Gasteiger partial charge in [-0.2, -0.15) is 0 Å². The highest BCUT2D eigenvalue weighted by molar-refractivity contribution is 7.79. The third-order valence-corrected chi connectivity index (χ3v) is 6.21. The van der Waals surface area contributed by atoms with E-state index in [1.165, 1.54) is 12.1 Å². The summed E-state index contributed by atoms with van der Waals surface area (Å²) in [5.41, 5.74) is 3.63. The lowest BCUT2D eigenvalue weighted by Gasteiger charge is -2.40. The van der Waals surface area contributed by atoms with E-state index in [-0.39, 0.29) is 17.7 Å². The average Bonchev–Trinajstić information content (AvgIpc) is 2.58. The van der Waals surface area contributed by atoms with Crippen molar-refractivity contribution in [2.75, 3.05) is 13.1 Å². The first-order valence-corrected chi connectivity index (χ1v) is 9.97. The second kappa shape index (κ2) is 9.03. The van der Waals surface area contributed by atoms with Crippen LogP contribution in [0.4, 0.5) is 4.39 Å². The first-order valence-electron chi connectivity index (χ1n) is 8.80. The molecule has 1 fully saturated rings. The molecule has 26 heavy (non-hydrogen) atoms. The van der Waals surface area contributed by atoms with Gasteiger partial charge in [-0.15, -0.1) is 0 Å². The number of benzene rings is 1. The van der Waals surface area contributed by atoms with Crippen LogP contribution in [0, 0.1) is 24.6 Å². The van der Waals surface area contributed by atoms with E-state index >= 15 is 0 Å². The Kier molecular flexibility index (Phi) is 7.28. The summed E-state index contributed by atoms with van der Waals surface area (Å²) in [5, 5.41) is 8.12. The van der Waals surface area contributed by atoms with Crippen LogP contribution in [0.25, 0.3) is 0 Å². The van der Waals surface area contributed by atoms with Gasteiger partial charge in [0, 0.05) is 0 Å². The summed E-state index contributed by atoms with van der Waals surface area (Å²) < 4.78 is 35.1. The molecule has 3 N–H and O–H groups in total. The highest BCUT2D eigenvalue weighted by Crippen LogP contribution is 2.33. The van der Waals surface area contributed by atoms with E-state index in [9.17, 15) is 17.9 Å². The van der Waals surface area contributed by atoms with Crippen molar-refractivity contribution >= 4 is 17.0 Å². The third-order valence-electron chi connectivity index (χ3n) is 5.21. The van der Waals surface area contributed by atoms with Gasteiger partial charge in [0.25, 0.3) is 0 Å². The number of hydroxylamine groups is 1. The Morgan fingerprint density at radius 2 is 1.96 bits per heavy atom. The maximum Gasteiger partial charge on any atom is 0.249 e. The molecule has 1 saturated heterocycles. The van der Waals surface area contributed by atoms with Crippen molar-refractivity contribution in [2.45, 2.75) is 44.9 Å². The molecule has 0 aliphatic carbocycles. The van der Waals surface area contributed by atoms with Crippen LogP contribution >= 0.6 is 0 Å². The van der Waals surface area contributed by atoms with Gasteiger partial charge in [-0.1, -0.05) is 19.9 Å². The highest BCUT2D eigenvalue weighted by atomic mass is 32.2. The number of carbonyl (C=O) groups is 1. The molecule has 0 aromatic heterocycles. The summed E-state index contributed by atoms with van der Waals surface area (Å²) in [6.07, 6.45) is 1.51. The van der Waals surface area contributed by atoms with Crippen molar-refractivity contribution in [3.63, 3.8) is 0 Å². The predicted molar refractivity (Wildman–Crippen MR) is 97.5 cm³/mol. The van der Waals surface area contributed by atoms with Crippen molar-refractivity contribution < 1.29 is 23.2 Å². The molecule has 146 valence electrons. The topological polar surface area (TPSA) is 89.9 Å². The zero-order chi connectivity index (χ0) is 19.4. The monoisotopic (exact) mass is 386 g/mol. The smallest absolute Gasteiger partial charge is 0.249 e. The second-order valence-electron chi connectivity index (χ2n) is 7.22. The normalized spacial score (nSPS) is 20.0. The average molecular weight is 386 g/mol. The highest BCUT2D eigenvalue weighted by Gasteiger charge is 2.40. The summed E-state index contributed by atoms with van der Waals surface area (Å²) in [4.78, 5) is 13.9. The van der Waals surface area contributed by atoms with Crippen LogP contribution in [0.15, 0.2) is 18.2 Å². The van der Waals surface area contributed by atoms with Crippen molar-refractivity contribution in [1.82, 2.24) is 10.4 Å². The number of halogens is 1. The summed E-state index contributed by atoms with van der Waals surface area (Å²) in [7, 11) is 0. The largest absolute Gasteiger partial charge is 0.305 e. The fraction of sp³-hybridized carbons (Fsp3) is 0.611. The van der Waals surface area contributed by atoms with Gasteiger partial charge in [0.2, 0.25) is 5.91 Å². The molecule has 8 heteroatoms. The van der Waals surface area contributed by atoms with Crippen LogP contribution in [0.3, 0.4) is 0 Å². The van der Waals surface area contributed by atoms with Crippen molar-refractivity contribution in [3.8, 4) is 0 Å². The number of hydrogen-bond donors (Lipinski definition) is 3. The van der Waals surface area contributed by atoms with Crippen LogP contribution in [0.5, 0.6) is 0 Å². The summed E-state index contributed by atoms with van der Waals surface area (Å²) in [6.45, 7) is 6.57. The molecule has 1 heterocycles. The lowest BCUT2D eigenvalue weighted by Crippen LogP contribution is -2.52. The molecule has 1 amide bonds. The number of piperidine rings is 1. The van der Waals surface area contributed by atoms with E-state index in [0.717, 1.165) is 24.0 Å². The molecule has 3 unspecified atom stereocenters. The molecule has 3 atom stereocenters. The maximum atomic E-state index is 13.3. The first-order chi connectivity index (χ1) is 12.3. The molecule has 0 saturated carbocycles. The van der Waals surface area contributed by atoms with Crippen LogP contribution in [0.2, 0.25) is 0 Å². The molecule has 0 bridgehead atoms. The standard InChI is InChI=1S/C18H27FN2O4S/c1-11(2)16(17(22)20-23)18(26(24)25)21-8-6-13(7-9-21)15-5-4-14(19)10-12(15)3/h4-5,10-11,13,16,18,23H,6-9H2,1-3H3,(H,20,22)(H,24,25). The van der Waals surface area contributed by atoms with E-state index < -0.39 is 28.3 Å². The molecular formula is C18H27FN2O4S. The minimum Gasteiger partial charge on any atom is -0.305 e. The fourth-order valence-electron chi connectivity index (χ4n) is 3.88. The fourth-order valence-corrected chi connectivity index (χ4v) is 5.03. The molecule has 0 radical (unpaired) electrons. The summed E-state index contributed by atoms with van der Waals surface area (Å²) >= 11 is -2.23. The molecule has 1 aliphatic rings. The predicted octanol–water partition coefficient (Wildman–Crippen LogP) is 2.64. The van der Waals surface area contributed by atoms with Crippen molar-refractivity contribution in [1.29, 1.82) is 0 Å². The molecule has 0 spiro atoms. The van der Waals surface area contributed by atoms with Gasteiger partial charge < -0.3 is 4.55 Å². The van der Waals surface area contributed by atoms with E-state index in [1.54, 1.807) is 19.3 Å². The van der Waals surface area contributed by atoms with E-state index in [4.69, 9.17) is 5.21 Å². The Morgan fingerprint density at radius 1 is 1.35 bits per heavy atom. The minimum atomic E-state index is -2.23. The summed E-state index contributed by atoms with van der Waals surface area (Å²) in [5.74, 6) is -1.66. The maximum absolute atomic E-state index is 13.3. The number of likely N-dealkylation sites (tertiary alicyclic amines) is 1. The van der Waals surface area contributed by atoms with E-state index in [1.807, 2.05) is 17.9 Å². The number of rotatable bonds is 6. The Hall–Kier alpha value is -1.35. The van der Waals surface area contributed by atoms with E-state index in [0.29, 0.717) is 13.1 Å². The van der Waals surface area contributed by atoms with Crippen LogP contribution in [-0.4, -0.2) is 43.2 Å². The number of carbonyl (C=O) groups excluding carboxylic acids is 1. The lowest BCUT2D eigenvalue weighted by molar-refractivity contribution is -0.136. The van der Waals surface area contributed by atoms with Gasteiger partial charge >= 0.3 is 0 Å². The number of hydrogen-bond acceptors (Lipinski definition) is 4. The Balaban J connectivity index is 2.14. The second-order valence-corrected chi connectivity index (χ2v) is 8.26. The van der Waals surface area contributed by atoms with Gasteiger partial charge in [0.15, 0.2) is 11.1 Å². The zero-order valence-electron chi connectivity index (χ0n) is 15.3.